The van der Waals surface area contributed by atoms with Gasteiger partial charge in [-0.1, -0.05) is 30.3 Å². The van der Waals surface area contributed by atoms with Gasteiger partial charge < -0.3 is 11.1 Å². The summed E-state index contributed by atoms with van der Waals surface area (Å²) < 4.78 is 0. The van der Waals surface area contributed by atoms with Crippen LogP contribution in [0.3, 0.4) is 0 Å². The molecule has 3 rings (SSSR count). The molecule has 6 heteroatoms. The largest absolute Gasteiger partial charge is 0.369 e. The van der Waals surface area contributed by atoms with E-state index in [0.29, 0.717) is 23.8 Å². The number of amides is 1. The fourth-order valence-corrected chi connectivity index (χ4v) is 3.33. The molecule has 25 heavy (non-hydrogen) atoms. The van der Waals surface area contributed by atoms with Crippen LogP contribution in [-0.2, 0) is 4.79 Å². The average Bonchev–Trinajstić information content (AvgIpc) is 3.09. The van der Waals surface area contributed by atoms with E-state index in [0.717, 1.165) is 25.1 Å². The molecule has 0 aliphatic carbocycles. The molecule has 1 aromatic carbocycles. The van der Waals surface area contributed by atoms with Crippen molar-refractivity contribution in [2.24, 2.45) is 11.7 Å². The van der Waals surface area contributed by atoms with Gasteiger partial charge in [-0.05, 0) is 36.6 Å². The number of nitrogens with one attached hydrogen (secondary N) is 1. The first-order valence-electron chi connectivity index (χ1n) is 8.36. The number of pyridine rings is 1. The lowest BCUT2D eigenvalue weighted by molar-refractivity contribution is -0.123. The summed E-state index contributed by atoms with van der Waals surface area (Å²) in [4.78, 5) is 18.3. The second-order valence-corrected chi connectivity index (χ2v) is 6.26. The van der Waals surface area contributed by atoms with Crippen LogP contribution in [0.25, 0.3) is 0 Å². The minimum absolute atomic E-state index is 0.323. The fourth-order valence-electron chi connectivity index (χ4n) is 3.33. The van der Waals surface area contributed by atoms with E-state index in [9.17, 15) is 4.79 Å². The summed E-state index contributed by atoms with van der Waals surface area (Å²) >= 11 is 0. The minimum atomic E-state index is -0.393. The summed E-state index contributed by atoms with van der Waals surface area (Å²) in [5.74, 6) is 0.661. The molecule has 0 unspecified atom stereocenters. The van der Waals surface area contributed by atoms with E-state index < -0.39 is 6.04 Å². The lowest BCUT2D eigenvalue weighted by atomic mass is 10.0. The van der Waals surface area contributed by atoms with Crippen LogP contribution in [0, 0.1) is 17.2 Å². The highest BCUT2D eigenvalue weighted by Gasteiger charge is 2.32. The van der Waals surface area contributed by atoms with Crippen LogP contribution in [0.15, 0.2) is 48.7 Å². The van der Waals surface area contributed by atoms with Crippen molar-refractivity contribution in [2.75, 3.05) is 25.0 Å². The summed E-state index contributed by atoms with van der Waals surface area (Å²) in [6, 6.07) is 14.9. The Bertz CT molecular complexity index is 771. The average molecular weight is 335 g/mol. The number of hydrogen-bond donors (Lipinski definition) is 2. The molecular weight excluding hydrogens is 314 g/mol. The van der Waals surface area contributed by atoms with E-state index in [2.05, 4.69) is 21.3 Å². The molecule has 1 aliphatic heterocycles. The first-order chi connectivity index (χ1) is 12.2. The van der Waals surface area contributed by atoms with Gasteiger partial charge in [0, 0.05) is 19.3 Å². The maximum atomic E-state index is 12.0. The number of carbonyl (C=O) groups is 1. The highest BCUT2D eigenvalue weighted by atomic mass is 16.1. The molecule has 1 fully saturated rings. The maximum Gasteiger partial charge on any atom is 0.239 e. The quantitative estimate of drug-likeness (QED) is 0.841. The monoisotopic (exact) mass is 335 g/mol. The number of nitrogens with zero attached hydrogens (tertiary/aromatic N) is 3. The van der Waals surface area contributed by atoms with Gasteiger partial charge in [-0.2, -0.15) is 5.26 Å². The molecule has 0 spiro atoms. The molecule has 6 nitrogen and oxygen atoms in total. The predicted molar refractivity (Wildman–Crippen MR) is 95.5 cm³/mol. The Morgan fingerprint density at radius 3 is 2.88 bits per heavy atom. The Kier molecular flexibility index (Phi) is 5.26. The van der Waals surface area contributed by atoms with Crippen LogP contribution in [0.4, 0.5) is 5.82 Å². The van der Waals surface area contributed by atoms with E-state index >= 15 is 0 Å². The number of primary amides is 1. The van der Waals surface area contributed by atoms with Gasteiger partial charge in [0.15, 0.2) is 0 Å². The number of aromatic nitrogens is 1. The van der Waals surface area contributed by atoms with Crippen molar-refractivity contribution in [3.63, 3.8) is 0 Å². The zero-order valence-electron chi connectivity index (χ0n) is 13.9. The second-order valence-electron chi connectivity index (χ2n) is 6.26. The lowest BCUT2D eigenvalue weighted by Crippen LogP contribution is -2.36. The fraction of sp³-hybridized carbons (Fsp3) is 0.316. The van der Waals surface area contributed by atoms with Crippen molar-refractivity contribution in [2.45, 2.75) is 12.5 Å². The molecular formula is C19H21N5O. The van der Waals surface area contributed by atoms with Crippen LogP contribution in [0.2, 0.25) is 0 Å². The van der Waals surface area contributed by atoms with Crippen molar-refractivity contribution in [3.05, 3.63) is 59.8 Å². The highest BCUT2D eigenvalue weighted by molar-refractivity contribution is 5.81. The normalized spacial score (nSPS) is 18.4. The van der Waals surface area contributed by atoms with Gasteiger partial charge in [0.05, 0.1) is 5.56 Å². The number of carbonyl (C=O) groups excluding carboxylic acids is 1. The summed E-state index contributed by atoms with van der Waals surface area (Å²) in [5, 5.41) is 12.4. The Balaban J connectivity index is 1.63. The highest BCUT2D eigenvalue weighted by Crippen LogP contribution is 2.28. The zero-order chi connectivity index (χ0) is 17.6. The molecule has 0 bridgehead atoms. The Labute approximate surface area is 147 Å². The molecule has 0 saturated carbocycles. The Morgan fingerprint density at radius 1 is 1.36 bits per heavy atom. The van der Waals surface area contributed by atoms with Crippen molar-refractivity contribution in [1.29, 1.82) is 5.26 Å². The van der Waals surface area contributed by atoms with Gasteiger partial charge in [-0.25, -0.2) is 4.98 Å². The van der Waals surface area contributed by atoms with Gasteiger partial charge in [-0.15, -0.1) is 0 Å². The Morgan fingerprint density at radius 2 is 2.16 bits per heavy atom. The van der Waals surface area contributed by atoms with E-state index in [-0.39, 0.29) is 5.91 Å². The van der Waals surface area contributed by atoms with Gasteiger partial charge >= 0.3 is 0 Å². The lowest BCUT2D eigenvalue weighted by Gasteiger charge is -2.25. The molecule has 1 aromatic heterocycles. The topological polar surface area (TPSA) is 95.0 Å². The number of likely N-dealkylation sites (tertiary alicyclic amines) is 1. The van der Waals surface area contributed by atoms with Crippen molar-refractivity contribution >= 4 is 11.7 Å². The number of nitrogens with two attached hydrogens (primary N) is 1. The molecule has 1 aliphatic rings. The van der Waals surface area contributed by atoms with Crippen LogP contribution < -0.4 is 11.1 Å². The first kappa shape index (κ1) is 16.9. The molecule has 1 amide bonds. The second kappa shape index (κ2) is 7.77. The number of rotatable bonds is 6. The summed E-state index contributed by atoms with van der Waals surface area (Å²) in [6.07, 6.45) is 2.64. The summed E-state index contributed by atoms with van der Waals surface area (Å²) in [5.41, 5.74) is 7.12. The Hall–Kier alpha value is -2.91. The molecule has 2 heterocycles. The van der Waals surface area contributed by atoms with E-state index in [4.69, 9.17) is 11.0 Å². The summed E-state index contributed by atoms with van der Waals surface area (Å²) in [7, 11) is 0. The van der Waals surface area contributed by atoms with Gasteiger partial charge in [0.1, 0.15) is 17.9 Å². The molecule has 2 atom stereocenters. The van der Waals surface area contributed by atoms with Gasteiger partial charge in [0.2, 0.25) is 5.91 Å². The third kappa shape index (κ3) is 3.95. The minimum Gasteiger partial charge on any atom is -0.369 e. The van der Waals surface area contributed by atoms with E-state index in [1.165, 1.54) is 0 Å². The van der Waals surface area contributed by atoms with Crippen LogP contribution in [0.5, 0.6) is 0 Å². The third-order valence-corrected chi connectivity index (χ3v) is 4.55. The smallest absolute Gasteiger partial charge is 0.239 e. The van der Waals surface area contributed by atoms with Crippen molar-refractivity contribution in [3.8, 4) is 6.07 Å². The molecule has 1 saturated heterocycles. The van der Waals surface area contributed by atoms with E-state index in [1.54, 1.807) is 18.3 Å². The van der Waals surface area contributed by atoms with Crippen molar-refractivity contribution in [1.82, 2.24) is 9.88 Å². The van der Waals surface area contributed by atoms with Crippen LogP contribution in [-0.4, -0.2) is 35.4 Å². The zero-order valence-corrected chi connectivity index (χ0v) is 13.9. The summed E-state index contributed by atoms with van der Waals surface area (Å²) in [6.45, 7) is 2.31. The molecule has 0 radical (unpaired) electrons. The number of hydrogen-bond acceptors (Lipinski definition) is 5. The van der Waals surface area contributed by atoms with E-state index in [1.807, 2.05) is 30.3 Å². The number of anilines is 1. The molecule has 2 aromatic rings. The molecule has 128 valence electrons. The van der Waals surface area contributed by atoms with Crippen molar-refractivity contribution < 1.29 is 4.79 Å². The standard InChI is InChI=1S/C19H21N5O/c20-11-16-7-4-9-22-19(16)23-12-14-8-10-24(13-14)17(18(21)25)15-5-2-1-3-6-15/h1-7,9,14,17H,8,10,12-13H2,(H2,21,25)(H,22,23)/t14-,17+/m0/s1. The van der Waals surface area contributed by atoms with Gasteiger partial charge in [0.25, 0.3) is 0 Å². The van der Waals surface area contributed by atoms with Gasteiger partial charge in [-0.3, -0.25) is 9.69 Å². The first-order valence-corrected chi connectivity index (χ1v) is 8.36. The molecule has 3 N–H and O–H groups in total. The van der Waals surface area contributed by atoms with Crippen LogP contribution in [0.1, 0.15) is 23.6 Å². The van der Waals surface area contributed by atoms with Crippen LogP contribution >= 0.6 is 0 Å². The number of nitriles is 1. The predicted octanol–water partition coefficient (Wildman–Crippen LogP) is 1.91. The SMILES string of the molecule is N#Cc1cccnc1NC[C@@H]1CCN([C@@H](C(N)=O)c2ccccc2)C1. The number of benzene rings is 1. The third-order valence-electron chi connectivity index (χ3n) is 4.55. The maximum absolute atomic E-state index is 12.0.